The molecule has 2 amide bonds. The van der Waals surface area contributed by atoms with E-state index >= 15 is 0 Å². The monoisotopic (exact) mass is 549 g/mol. The maximum Gasteiger partial charge on any atom is 0.244 e. The molecule has 2 aromatic rings. The van der Waals surface area contributed by atoms with Crippen molar-refractivity contribution in [3.63, 3.8) is 0 Å². The Kier molecular flexibility index (Phi) is 10.2. The Morgan fingerprint density at radius 3 is 2.32 bits per heavy atom. The molecule has 0 radical (unpaired) electrons. The largest absolute Gasteiger partial charge is 0.495 e. The van der Waals surface area contributed by atoms with Gasteiger partial charge in [0.15, 0.2) is 0 Å². The summed E-state index contributed by atoms with van der Waals surface area (Å²) in [7, 11) is -2.40. The summed E-state index contributed by atoms with van der Waals surface area (Å²) in [6.07, 6.45) is 6.56. The minimum absolute atomic E-state index is 0.0869. The molecule has 1 fully saturated rings. The second kappa shape index (κ2) is 13.1. The van der Waals surface area contributed by atoms with Crippen LogP contribution in [0.5, 0.6) is 5.75 Å². The summed E-state index contributed by atoms with van der Waals surface area (Å²) in [5.74, 6) is -0.385. The summed E-state index contributed by atoms with van der Waals surface area (Å²) >= 11 is 6.05. The topological polar surface area (TPSA) is 96.0 Å². The van der Waals surface area contributed by atoms with Gasteiger partial charge < -0.3 is 15.0 Å². The predicted molar refractivity (Wildman–Crippen MR) is 146 cm³/mol. The molecule has 1 N–H and O–H groups in total. The van der Waals surface area contributed by atoms with Crippen molar-refractivity contribution in [2.45, 2.75) is 64.1 Å². The number of methoxy groups -OCH3 is 1. The number of carbonyl (C=O) groups excluding carboxylic acids is 2. The number of ether oxygens (including phenoxy) is 1. The van der Waals surface area contributed by atoms with Gasteiger partial charge in [0, 0.05) is 17.6 Å². The number of para-hydroxylation sites is 2. The van der Waals surface area contributed by atoms with Gasteiger partial charge in [0.25, 0.3) is 0 Å². The highest BCUT2D eigenvalue weighted by atomic mass is 35.5. The molecule has 0 aromatic heterocycles. The molecular formula is C27H36ClN3O5S. The highest BCUT2D eigenvalue weighted by molar-refractivity contribution is 7.92. The van der Waals surface area contributed by atoms with Crippen LogP contribution in [0.4, 0.5) is 5.69 Å². The minimum Gasteiger partial charge on any atom is -0.495 e. The number of halogens is 1. The summed E-state index contributed by atoms with van der Waals surface area (Å²) in [6.45, 7) is 1.51. The average Bonchev–Trinajstić information content (AvgIpc) is 2.88. The molecule has 202 valence electrons. The maximum absolute atomic E-state index is 13.8. The number of rotatable bonds is 11. The second-order valence-corrected chi connectivity index (χ2v) is 11.7. The lowest BCUT2D eigenvalue weighted by Gasteiger charge is -2.34. The Hall–Kier alpha value is -2.78. The molecule has 3 rings (SSSR count). The van der Waals surface area contributed by atoms with E-state index in [4.69, 9.17) is 16.3 Å². The maximum atomic E-state index is 13.8. The quantitative estimate of drug-likeness (QED) is 0.449. The minimum atomic E-state index is -3.85. The fourth-order valence-electron chi connectivity index (χ4n) is 4.68. The van der Waals surface area contributed by atoms with Crippen LogP contribution >= 0.6 is 11.6 Å². The third-order valence-corrected chi connectivity index (χ3v) is 8.02. The van der Waals surface area contributed by atoms with Crippen LogP contribution in [0, 0.1) is 0 Å². The van der Waals surface area contributed by atoms with Crippen molar-refractivity contribution in [3.05, 3.63) is 59.1 Å². The Morgan fingerprint density at radius 1 is 1.08 bits per heavy atom. The fraction of sp³-hybridized carbons (Fsp3) is 0.481. The van der Waals surface area contributed by atoms with Crippen molar-refractivity contribution in [1.82, 2.24) is 10.2 Å². The van der Waals surface area contributed by atoms with Crippen LogP contribution in [-0.4, -0.2) is 57.1 Å². The van der Waals surface area contributed by atoms with Gasteiger partial charge in [-0.3, -0.25) is 13.9 Å². The number of sulfonamides is 1. The van der Waals surface area contributed by atoms with Crippen molar-refractivity contribution in [3.8, 4) is 5.75 Å². The molecule has 1 saturated carbocycles. The van der Waals surface area contributed by atoms with Crippen molar-refractivity contribution in [1.29, 1.82) is 0 Å². The predicted octanol–water partition coefficient (Wildman–Crippen LogP) is 4.37. The van der Waals surface area contributed by atoms with E-state index < -0.39 is 28.5 Å². The third-order valence-electron chi connectivity index (χ3n) is 6.64. The molecular weight excluding hydrogens is 514 g/mol. The third kappa shape index (κ3) is 7.85. The van der Waals surface area contributed by atoms with E-state index in [1.165, 1.54) is 12.0 Å². The highest BCUT2D eigenvalue weighted by Gasteiger charge is 2.33. The van der Waals surface area contributed by atoms with Crippen molar-refractivity contribution in [2.75, 3.05) is 24.2 Å². The zero-order chi connectivity index (χ0) is 27.0. The standard InChI is InChI=1S/C27H36ClN3O5S/c1-4-23(27(33)29-22-10-6-5-7-11-22)30(18-20-14-16-21(28)17-15-20)26(32)19-31(37(3,34)35)24-12-8-9-13-25(24)36-2/h8-9,12-17,22-23H,4-7,10-11,18-19H2,1-3H3,(H,29,33)/t23-/m1/s1. The van der Waals surface area contributed by atoms with Gasteiger partial charge in [-0.15, -0.1) is 0 Å². The van der Waals surface area contributed by atoms with Crippen molar-refractivity contribution >= 4 is 39.1 Å². The molecule has 1 aliphatic rings. The lowest BCUT2D eigenvalue weighted by Crippen LogP contribution is -2.54. The Labute approximate surface area is 225 Å². The molecule has 1 atom stereocenters. The van der Waals surface area contributed by atoms with Crippen molar-refractivity contribution < 1.29 is 22.7 Å². The van der Waals surface area contributed by atoms with E-state index in [1.807, 2.05) is 6.92 Å². The van der Waals surface area contributed by atoms with Gasteiger partial charge in [-0.25, -0.2) is 8.42 Å². The van der Waals surface area contributed by atoms with E-state index in [2.05, 4.69) is 5.32 Å². The molecule has 10 heteroatoms. The van der Waals surface area contributed by atoms with Gasteiger partial charge in [0.2, 0.25) is 21.8 Å². The van der Waals surface area contributed by atoms with E-state index in [-0.39, 0.29) is 24.2 Å². The molecule has 0 heterocycles. The number of nitrogens with one attached hydrogen (secondary N) is 1. The number of amides is 2. The van der Waals surface area contributed by atoms with Gasteiger partial charge >= 0.3 is 0 Å². The first kappa shape index (κ1) is 28.8. The summed E-state index contributed by atoms with van der Waals surface area (Å²) in [5, 5.41) is 3.69. The van der Waals surface area contributed by atoms with Crippen LogP contribution in [0.1, 0.15) is 51.0 Å². The summed E-state index contributed by atoms with van der Waals surface area (Å²) in [6, 6.07) is 13.0. The highest BCUT2D eigenvalue weighted by Crippen LogP contribution is 2.30. The zero-order valence-electron chi connectivity index (χ0n) is 21.7. The number of nitrogens with zero attached hydrogens (tertiary/aromatic N) is 2. The van der Waals surface area contributed by atoms with Crippen LogP contribution in [0.2, 0.25) is 5.02 Å². The first-order valence-corrected chi connectivity index (χ1v) is 14.8. The molecule has 1 aliphatic carbocycles. The lowest BCUT2D eigenvalue weighted by atomic mass is 9.95. The smallest absolute Gasteiger partial charge is 0.244 e. The first-order valence-electron chi connectivity index (χ1n) is 12.6. The van der Waals surface area contributed by atoms with E-state index in [9.17, 15) is 18.0 Å². The molecule has 37 heavy (non-hydrogen) atoms. The number of carbonyl (C=O) groups is 2. The number of hydrogen-bond acceptors (Lipinski definition) is 5. The Balaban J connectivity index is 1.93. The molecule has 0 spiro atoms. The summed E-state index contributed by atoms with van der Waals surface area (Å²) in [5.41, 5.74) is 1.04. The lowest BCUT2D eigenvalue weighted by molar-refractivity contribution is -0.140. The fourth-order valence-corrected chi connectivity index (χ4v) is 5.66. The molecule has 8 nitrogen and oxygen atoms in total. The molecule has 0 bridgehead atoms. The number of anilines is 1. The first-order chi connectivity index (χ1) is 17.6. The zero-order valence-corrected chi connectivity index (χ0v) is 23.2. The summed E-state index contributed by atoms with van der Waals surface area (Å²) in [4.78, 5) is 28.7. The molecule has 0 unspecified atom stereocenters. The van der Waals surface area contributed by atoms with Crippen LogP contribution < -0.4 is 14.4 Å². The van der Waals surface area contributed by atoms with Crippen LogP contribution in [0.25, 0.3) is 0 Å². The molecule has 0 aliphatic heterocycles. The van der Waals surface area contributed by atoms with Gasteiger partial charge in [-0.1, -0.05) is 62.1 Å². The van der Waals surface area contributed by atoms with E-state index in [1.54, 1.807) is 48.5 Å². The normalized spacial score (nSPS) is 15.0. The van der Waals surface area contributed by atoms with E-state index in [0.717, 1.165) is 48.2 Å². The SMILES string of the molecule is CC[C@H](C(=O)NC1CCCCC1)N(Cc1ccc(Cl)cc1)C(=O)CN(c1ccccc1OC)S(C)(=O)=O. The van der Waals surface area contributed by atoms with Crippen molar-refractivity contribution in [2.24, 2.45) is 0 Å². The number of benzene rings is 2. The van der Waals surface area contributed by atoms with Gasteiger partial charge in [0.05, 0.1) is 19.1 Å². The van der Waals surface area contributed by atoms with Gasteiger partial charge in [0.1, 0.15) is 18.3 Å². The second-order valence-electron chi connectivity index (χ2n) is 9.36. The molecule has 2 aromatic carbocycles. The molecule has 0 saturated heterocycles. The van der Waals surface area contributed by atoms with Gasteiger partial charge in [-0.05, 0) is 49.1 Å². The number of hydrogen-bond donors (Lipinski definition) is 1. The average molecular weight is 550 g/mol. The van der Waals surface area contributed by atoms with Gasteiger partial charge in [-0.2, -0.15) is 0 Å². The van der Waals surface area contributed by atoms with Crippen LogP contribution in [0.15, 0.2) is 48.5 Å². The van der Waals surface area contributed by atoms with Crippen LogP contribution in [0.3, 0.4) is 0 Å². The van der Waals surface area contributed by atoms with E-state index in [0.29, 0.717) is 17.2 Å². The Bertz CT molecular complexity index is 1170. The Morgan fingerprint density at radius 2 is 1.73 bits per heavy atom. The van der Waals surface area contributed by atoms with Crippen LogP contribution in [-0.2, 0) is 26.2 Å². The summed E-state index contributed by atoms with van der Waals surface area (Å²) < 4.78 is 32.0.